The van der Waals surface area contributed by atoms with Gasteiger partial charge in [0.1, 0.15) is 12.7 Å². The minimum Gasteiger partial charge on any atom is -0.352 e. The standard InChI is InChI=1S/C14H14N6OS/c1-10-7-22-13(19-10)3-5-17-14(21)11-2-4-16-12(6-11)20-9-15-8-18-20/h2,4,6-9H,3,5H2,1H3,(H,17,21). The Morgan fingerprint density at radius 2 is 2.36 bits per heavy atom. The number of thiazole rings is 1. The van der Waals surface area contributed by atoms with E-state index in [2.05, 4.69) is 25.4 Å². The molecule has 0 aliphatic rings. The number of carbonyl (C=O) groups is 1. The van der Waals surface area contributed by atoms with Crippen molar-refractivity contribution >= 4 is 17.2 Å². The molecule has 8 heteroatoms. The minimum absolute atomic E-state index is 0.142. The zero-order chi connectivity index (χ0) is 15.4. The molecule has 0 spiro atoms. The highest BCUT2D eigenvalue weighted by Gasteiger charge is 2.08. The molecule has 3 rings (SSSR count). The van der Waals surface area contributed by atoms with Gasteiger partial charge in [0.15, 0.2) is 5.82 Å². The van der Waals surface area contributed by atoms with Crippen LogP contribution in [0.5, 0.6) is 0 Å². The first-order valence-electron chi connectivity index (χ1n) is 6.72. The van der Waals surface area contributed by atoms with Crippen molar-refractivity contribution in [2.45, 2.75) is 13.3 Å². The number of aryl methyl sites for hydroxylation is 1. The quantitative estimate of drug-likeness (QED) is 0.769. The molecule has 0 bridgehead atoms. The molecule has 0 aliphatic heterocycles. The van der Waals surface area contributed by atoms with Crippen LogP contribution in [0.2, 0.25) is 0 Å². The number of aromatic nitrogens is 5. The first kappa shape index (κ1) is 14.3. The Hall–Kier alpha value is -2.61. The van der Waals surface area contributed by atoms with Crippen LogP contribution in [-0.4, -0.2) is 37.2 Å². The average Bonchev–Trinajstić information content (AvgIpc) is 3.19. The third kappa shape index (κ3) is 3.34. The van der Waals surface area contributed by atoms with Crippen molar-refractivity contribution < 1.29 is 4.79 Å². The molecule has 1 N–H and O–H groups in total. The van der Waals surface area contributed by atoms with Gasteiger partial charge in [0.2, 0.25) is 0 Å². The largest absolute Gasteiger partial charge is 0.352 e. The minimum atomic E-state index is -0.142. The lowest BCUT2D eigenvalue weighted by Gasteiger charge is -2.05. The monoisotopic (exact) mass is 314 g/mol. The molecule has 0 aromatic carbocycles. The Labute approximate surface area is 131 Å². The van der Waals surface area contributed by atoms with Crippen LogP contribution in [-0.2, 0) is 6.42 Å². The molecule has 1 amide bonds. The number of amides is 1. The van der Waals surface area contributed by atoms with Crippen LogP contribution in [0.25, 0.3) is 5.82 Å². The molecular formula is C14H14N6OS. The molecule has 7 nitrogen and oxygen atoms in total. The maximum atomic E-state index is 12.2. The molecule has 0 atom stereocenters. The molecule has 0 saturated carbocycles. The van der Waals surface area contributed by atoms with Gasteiger partial charge < -0.3 is 5.32 Å². The van der Waals surface area contributed by atoms with Gasteiger partial charge in [-0.25, -0.2) is 19.6 Å². The fraction of sp³-hybridized carbons (Fsp3) is 0.214. The van der Waals surface area contributed by atoms with Crippen LogP contribution in [0.1, 0.15) is 21.1 Å². The molecule has 0 aliphatic carbocycles. The van der Waals surface area contributed by atoms with Crippen molar-refractivity contribution in [2.75, 3.05) is 6.54 Å². The van der Waals surface area contributed by atoms with E-state index in [9.17, 15) is 4.79 Å². The van der Waals surface area contributed by atoms with E-state index in [0.29, 0.717) is 17.9 Å². The van der Waals surface area contributed by atoms with Crippen LogP contribution in [0.3, 0.4) is 0 Å². The summed E-state index contributed by atoms with van der Waals surface area (Å²) in [5.74, 6) is 0.415. The van der Waals surface area contributed by atoms with Crippen LogP contribution >= 0.6 is 11.3 Å². The molecule has 3 heterocycles. The van der Waals surface area contributed by atoms with Gasteiger partial charge in [-0.1, -0.05) is 0 Å². The summed E-state index contributed by atoms with van der Waals surface area (Å²) in [6.07, 6.45) is 5.26. The number of hydrogen-bond acceptors (Lipinski definition) is 6. The maximum absolute atomic E-state index is 12.2. The number of nitrogens with zero attached hydrogens (tertiary/aromatic N) is 5. The smallest absolute Gasteiger partial charge is 0.251 e. The second-order valence-corrected chi connectivity index (χ2v) is 5.57. The third-order valence-corrected chi connectivity index (χ3v) is 3.98. The van der Waals surface area contributed by atoms with Crippen LogP contribution in [0, 0.1) is 6.92 Å². The zero-order valence-electron chi connectivity index (χ0n) is 11.9. The van der Waals surface area contributed by atoms with E-state index < -0.39 is 0 Å². The van der Waals surface area contributed by atoms with E-state index in [1.165, 1.54) is 17.3 Å². The van der Waals surface area contributed by atoms with Gasteiger partial charge in [0.25, 0.3) is 5.91 Å². The van der Waals surface area contributed by atoms with Crippen molar-refractivity contribution in [3.8, 4) is 5.82 Å². The number of nitrogens with one attached hydrogen (secondary N) is 1. The van der Waals surface area contributed by atoms with E-state index in [1.54, 1.807) is 29.7 Å². The summed E-state index contributed by atoms with van der Waals surface area (Å²) in [7, 11) is 0. The second kappa shape index (κ2) is 6.44. The van der Waals surface area contributed by atoms with Gasteiger partial charge >= 0.3 is 0 Å². The first-order chi connectivity index (χ1) is 10.7. The summed E-state index contributed by atoms with van der Waals surface area (Å²) in [5.41, 5.74) is 1.55. The molecule has 0 fully saturated rings. The lowest BCUT2D eigenvalue weighted by Crippen LogP contribution is -2.25. The lowest BCUT2D eigenvalue weighted by molar-refractivity contribution is 0.0954. The summed E-state index contributed by atoms with van der Waals surface area (Å²) in [4.78, 5) is 24.6. The molecule has 0 radical (unpaired) electrons. The molecule has 22 heavy (non-hydrogen) atoms. The summed E-state index contributed by atoms with van der Waals surface area (Å²) < 4.78 is 1.51. The summed E-state index contributed by atoms with van der Waals surface area (Å²) >= 11 is 1.61. The fourth-order valence-corrected chi connectivity index (χ4v) is 2.69. The Kier molecular flexibility index (Phi) is 4.19. The average molecular weight is 314 g/mol. The lowest BCUT2D eigenvalue weighted by atomic mass is 10.2. The van der Waals surface area contributed by atoms with E-state index in [1.807, 2.05) is 12.3 Å². The topological polar surface area (TPSA) is 85.6 Å². The van der Waals surface area contributed by atoms with Crippen molar-refractivity contribution in [1.29, 1.82) is 0 Å². The summed E-state index contributed by atoms with van der Waals surface area (Å²) in [6, 6.07) is 3.35. The highest BCUT2D eigenvalue weighted by Crippen LogP contribution is 2.09. The highest BCUT2D eigenvalue weighted by molar-refractivity contribution is 7.09. The maximum Gasteiger partial charge on any atom is 0.251 e. The Morgan fingerprint density at radius 3 is 3.09 bits per heavy atom. The molecule has 0 unspecified atom stereocenters. The highest BCUT2D eigenvalue weighted by atomic mass is 32.1. The molecular weight excluding hydrogens is 300 g/mol. The van der Waals surface area contributed by atoms with E-state index in [4.69, 9.17) is 0 Å². The zero-order valence-corrected chi connectivity index (χ0v) is 12.7. The number of carbonyl (C=O) groups excluding carboxylic acids is 1. The number of hydrogen-bond donors (Lipinski definition) is 1. The number of rotatable bonds is 5. The van der Waals surface area contributed by atoms with Crippen LogP contribution < -0.4 is 5.32 Å². The Balaban J connectivity index is 1.61. The van der Waals surface area contributed by atoms with Crippen LogP contribution in [0.4, 0.5) is 0 Å². The normalized spacial score (nSPS) is 10.6. The van der Waals surface area contributed by atoms with E-state index >= 15 is 0 Å². The van der Waals surface area contributed by atoms with Gasteiger partial charge in [-0.3, -0.25) is 4.79 Å². The van der Waals surface area contributed by atoms with Gasteiger partial charge in [-0.2, -0.15) is 5.10 Å². The van der Waals surface area contributed by atoms with E-state index in [-0.39, 0.29) is 5.91 Å². The van der Waals surface area contributed by atoms with Crippen LogP contribution in [0.15, 0.2) is 36.4 Å². The SMILES string of the molecule is Cc1csc(CCNC(=O)c2ccnc(-n3cncn3)c2)n1. The van der Waals surface area contributed by atoms with Gasteiger partial charge in [-0.15, -0.1) is 11.3 Å². The van der Waals surface area contributed by atoms with Gasteiger partial charge in [0, 0.05) is 35.8 Å². The van der Waals surface area contributed by atoms with Gasteiger partial charge in [0.05, 0.1) is 5.01 Å². The Morgan fingerprint density at radius 1 is 1.45 bits per heavy atom. The van der Waals surface area contributed by atoms with Crippen molar-refractivity contribution in [1.82, 2.24) is 30.0 Å². The third-order valence-electron chi connectivity index (χ3n) is 2.95. The van der Waals surface area contributed by atoms with E-state index in [0.717, 1.165) is 17.1 Å². The second-order valence-electron chi connectivity index (χ2n) is 4.63. The molecule has 3 aromatic rings. The summed E-state index contributed by atoms with van der Waals surface area (Å²) in [6.45, 7) is 2.51. The number of pyridine rings is 1. The fourth-order valence-electron chi connectivity index (χ4n) is 1.91. The van der Waals surface area contributed by atoms with Crippen molar-refractivity contribution in [2.24, 2.45) is 0 Å². The Bertz CT molecular complexity index is 767. The first-order valence-corrected chi connectivity index (χ1v) is 7.60. The molecule has 112 valence electrons. The van der Waals surface area contributed by atoms with Gasteiger partial charge in [-0.05, 0) is 19.1 Å². The summed E-state index contributed by atoms with van der Waals surface area (Å²) in [5, 5.41) is 9.91. The molecule has 3 aromatic heterocycles. The predicted molar refractivity (Wildman–Crippen MR) is 82.0 cm³/mol. The molecule has 0 saturated heterocycles. The van der Waals surface area contributed by atoms with Crippen molar-refractivity contribution in [3.05, 3.63) is 52.6 Å². The predicted octanol–water partition coefficient (Wildman–Crippen LogP) is 1.40. The van der Waals surface area contributed by atoms with Crippen molar-refractivity contribution in [3.63, 3.8) is 0 Å².